The van der Waals surface area contributed by atoms with Crippen LogP contribution < -0.4 is 5.32 Å². The summed E-state index contributed by atoms with van der Waals surface area (Å²) in [5.74, 6) is -0.620. The highest BCUT2D eigenvalue weighted by molar-refractivity contribution is 7.99. The fourth-order valence-electron chi connectivity index (χ4n) is 0.654. The smallest absolute Gasteiger partial charge is 0.313 e. The van der Waals surface area contributed by atoms with E-state index in [2.05, 4.69) is 5.32 Å². The molecule has 0 aromatic heterocycles. The number of carbonyl (C=O) groups excluding carboxylic acids is 1. The van der Waals surface area contributed by atoms with Gasteiger partial charge in [0.2, 0.25) is 0 Å². The molecule has 0 amide bonds. The molecule has 0 saturated heterocycles. The Morgan fingerprint density at radius 2 is 2.21 bits per heavy atom. The van der Waals surface area contributed by atoms with E-state index >= 15 is 0 Å². The summed E-state index contributed by atoms with van der Waals surface area (Å²) >= 11 is 1.21. The number of hydrogen-bond acceptors (Lipinski definition) is 5. The van der Waals surface area contributed by atoms with Crippen molar-refractivity contribution in [3.63, 3.8) is 0 Å². The summed E-state index contributed by atoms with van der Waals surface area (Å²) in [6.45, 7) is 0.993. The van der Waals surface area contributed by atoms with E-state index in [1.807, 2.05) is 0 Å². The molecule has 2 N–H and O–H groups in total. The molecule has 0 aliphatic carbocycles. The number of carbonyl (C=O) groups is 2. The SMILES string of the molecule is CNCCOC(=O)CCSCC(=O)O. The Bertz CT molecular complexity index is 186. The Hall–Kier alpha value is -0.750. The molecule has 0 heterocycles. The molecule has 0 atom stereocenters. The van der Waals surface area contributed by atoms with Gasteiger partial charge in [-0.2, -0.15) is 0 Å². The molecular weight excluding hydrogens is 206 g/mol. The van der Waals surface area contributed by atoms with Crippen LogP contribution in [0.4, 0.5) is 0 Å². The largest absolute Gasteiger partial charge is 0.481 e. The van der Waals surface area contributed by atoms with E-state index in [1.54, 1.807) is 7.05 Å². The Balaban J connectivity index is 3.22. The topological polar surface area (TPSA) is 75.6 Å². The molecule has 0 aromatic rings. The number of rotatable bonds is 8. The second kappa shape index (κ2) is 8.83. The van der Waals surface area contributed by atoms with Crippen molar-refractivity contribution < 1.29 is 19.4 Å². The summed E-state index contributed by atoms with van der Waals surface area (Å²) in [6, 6.07) is 0. The molecule has 0 aromatic carbocycles. The number of thioether (sulfide) groups is 1. The fourth-order valence-corrected chi connectivity index (χ4v) is 1.28. The maximum Gasteiger partial charge on any atom is 0.313 e. The van der Waals surface area contributed by atoms with E-state index in [9.17, 15) is 9.59 Å². The predicted octanol–water partition coefficient (Wildman–Crippen LogP) is -0.0431. The molecule has 5 nitrogen and oxygen atoms in total. The van der Waals surface area contributed by atoms with E-state index in [0.29, 0.717) is 18.9 Å². The van der Waals surface area contributed by atoms with Gasteiger partial charge in [-0.3, -0.25) is 9.59 Å². The van der Waals surface area contributed by atoms with Crippen LogP contribution in [0.25, 0.3) is 0 Å². The van der Waals surface area contributed by atoms with E-state index in [1.165, 1.54) is 11.8 Å². The molecule has 0 aliphatic rings. The lowest BCUT2D eigenvalue weighted by Gasteiger charge is -2.03. The molecule has 0 saturated carbocycles. The van der Waals surface area contributed by atoms with Gasteiger partial charge in [-0.25, -0.2) is 0 Å². The van der Waals surface area contributed by atoms with Gasteiger partial charge in [-0.15, -0.1) is 11.8 Å². The lowest BCUT2D eigenvalue weighted by molar-refractivity contribution is -0.143. The number of hydrogen-bond donors (Lipinski definition) is 2. The van der Waals surface area contributed by atoms with Crippen LogP contribution in [-0.2, 0) is 14.3 Å². The number of esters is 1. The Labute approximate surface area is 87.2 Å². The van der Waals surface area contributed by atoms with E-state index in [0.717, 1.165) is 0 Å². The number of aliphatic carboxylic acids is 1. The standard InChI is InChI=1S/C8H15NO4S/c1-9-3-4-13-8(12)2-5-14-6-7(10)11/h9H,2-6H2,1H3,(H,10,11). The molecule has 0 spiro atoms. The zero-order chi connectivity index (χ0) is 10.8. The molecule has 14 heavy (non-hydrogen) atoms. The van der Waals surface area contributed by atoms with Crippen molar-refractivity contribution in [2.75, 3.05) is 31.7 Å². The molecule has 0 fully saturated rings. The fraction of sp³-hybridized carbons (Fsp3) is 0.750. The normalized spacial score (nSPS) is 9.79. The first-order valence-corrected chi connectivity index (χ1v) is 5.42. The second-order valence-electron chi connectivity index (χ2n) is 2.52. The number of likely N-dealkylation sites (N-methyl/N-ethyl adjacent to an activating group) is 1. The third kappa shape index (κ3) is 9.34. The highest BCUT2D eigenvalue weighted by Gasteiger charge is 2.03. The van der Waals surface area contributed by atoms with Crippen molar-refractivity contribution >= 4 is 23.7 Å². The number of ether oxygens (including phenoxy) is 1. The number of carboxylic acids is 1. The van der Waals surface area contributed by atoms with Crippen LogP contribution in [0.2, 0.25) is 0 Å². The van der Waals surface area contributed by atoms with E-state index < -0.39 is 5.97 Å². The molecular formula is C8H15NO4S. The van der Waals surface area contributed by atoms with Gasteiger partial charge in [0.25, 0.3) is 0 Å². The van der Waals surface area contributed by atoms with E-state index in [-0.39, 0.29) is 18.1 Å². The Kier molecular flexibility index (Phi) is 8.36. The van der Waals surface area contributed by atoms with Crippen molar-refractivity contribution in [1.29, 1.82) is 0 Å². The first kappa shape index (κ1) is 13.2. The number of carboxylic acid groups (broad SMARTS) is 1. The average molecular weight is 221 g/mol. The van der Waals surface area contributed by atoms with Gasteiger partial charge >= 0.3 is 11.9 Å². The molecule has 0 bridgehead atoms. The average Bonchev–Trinajstić information content (AvgIpc) is 2.13. The minimum absolute atomic E-state index is 0.0315. The first-order valence-electron chi connectivity index (χ1n) is 4.26. The zero-order valence-corrected chi connectivity index (χ0v) is 8.93. The summed E-state index contributed by atoms with van der Waals surface area (Å²) in [5, 5.41) is 11.2. The maximum atomic E-state index is 11.0. The van der Waals surface area contributed by atoms with Crippen LogP contribution in [0, 0.1) is 0 Å². The third-order valence-corrected chi connectivity index (χ3v) is 2.24. The van der Waals surface area contributed by atoms with Crippen LogP contribution >= 0.6 is 11.8 Å². The van der Waals surface area contributed by atoms with Crippen molar-refractivity contribution in [1.82, 2.24) is 5.32 Å². The van der Waals surface area contributed by atoms with Crippen molar-refractivity contribution in [3.05, 3.63) is 0 Å². The van der Waals surface area contributed by atoms with Crippen LogP contribution in [0.3, 0.4) is 0 Å². The van der Waals surface area contributed by atoms with Crippen molar-refractivity contribution in [2.45, 2.75) is 6.42 Å². The lowest BCUT2D eigenvalue weighted by Crippen LogP contribution is -2.17. The quantitative estimate of drug-likeness (QED) is 0.442. The summed E-state index contributed by atoms with van der Waals surface area (Å²) in [7, 11) is 1.77. The summed E-state index contributed by atoms with van der Waals surface area (Å²) in [6.07, 6.45) is 0.266. The Morgan fingerprint density at radius 3 is 2.79 bits per heavy atom. The minimum Gasteiger partial charge on any atom is -0.481 e. The highest BCUT2D eigenvalue weighted by Crippen LogP contribution is 2.02. The molecule has 6 heteroatoms. The second-order valence-corrected chi connectivity index (χ2v) is 3.63. The third-order valence-electron chi connectivity index (χ3n) is 1.29. The van der Waals surface area contributed by atoms with Gasteiger partial charge in [0, 0.05) is 12.3 Å². The maximum absolute atomic E-state index is 11.0. The van der Waals surface area contributed by atoms with Crippen molar-refractivity contribution in [2.24, 2.45) is 0 Å². The number of nitrogens with one attached hydrogen (secondary N) is 1. The molecule has 82 valence electrons. The molecule has 0 unspecified atom stereocenters. The molecule has 0 radical (unpaired) electrons. The Morgan fingerprint density at radius 1 is 1.50 bits per heavy atom. The first-order chi connectivity index (χ1) is 6.66. The predicted molar refractivity (Wildman–Crippen MR) is 54.5 cm³/mol. The van der Waals surface area contributed by atoms with Gasteiger partial charge in [0.05, 0.1) is 12.2 Å². The highest BCUT2D eigenvalue weighted by atomic mass is 32.2. The van der Waals surface area contributed by atoms with Gasteiger partial charge < -0.3 is 15.2 Å². The van der Waals surface area contributed by atoms with Crippen LogP contribution in [-0.4, -0.2) is 48.8 Å². The lowest BCUT2D eigenvalue weighted by atomic mass is 10.5. The van der Waals surface area contributed by atoms with E-state index in [4.69, 9.17) is 9.84 Å². The summed E-state index contributed by atoms with van der Waals surface area (Å²) in [4.78, 5) is 21.1. The molecule has 0 aliphatic heterocycles. The van der Waals surface area contributed by atoms with Crippen LogP contribution in [0.15, 0.2) is 0 Å². The van der Waals surface area contributed by atoms with Gasteiger partial charge in [0.15, 0.2) is 0 Å². The summed E-state index contributed by atoms with van der Waals surface area (Å²) < 4.78 is 4.83. The van der Waals surface area contributed by atoms with Crippen LogP contribution in [0.5, 0.6) is 0 Å². The van der Waals surface area contributed by atoms with Gasteiger partial charge in [0.1, 0.15) is 6.61 Å². The summed E-state index contributed by atoms with van der Waals surface area (Å²) in [5.41, 5.74) is 0. The minimum atomic E-state index is -0.862. The van der Waals surface area contributed by atoms with Crippen LogP contribution in [0.1, 0.15) is 6.42 Å². The van der Waals surface area contributed by atoms with Gasteiger partial charge in [-0.1, -0.05) is 0 Å². The monoisotopic (exact) mass is 221 g/mol. The van der Waals surface area contributed by atoms with Gasteiger partial charge in [-0.05, 0) is 7.05 Å². The molecule has 0 rings (SSSR count). The zero-order valence-electron chi connectivity index (χ0n) is 8.12. The van der Waals surface area contributed by atoms with Crippen molar-refractivity contribution in [3.8, 4) is 0 Å².